The van der Waals surface area contributed by atoms with Crippen LogP contribution in [0.1, 0.15) is 47.0 Å². The SMILES string of the molecule is CCC(CC)C(=O)CCO[C@@H]1C(C)C(O)OC(CO)[C@@H]1O[C@@H]1OC(CO)[C@H](O)[C@H](O)C1C. The van der Waals surface area contributed by atoms with Crippen LogP contribution in [0.2, 0.25) is 0 Å². The van der Waals surface area contributed by atoms with Gasteiger partial charge in [-0.25, -0.2) is 0 Å². The van der Waals surface area contributed by atoms with E-state index in [-0.39, 0.29) is 24.7 Å². The van der Waals surface area contributed by atoms with Gasteiger partial charge in [0.05, 0.1) is 32.0 Å². The van der Waals surface area contributed by atoms with Crippen molar-refractivity contribution in [1.29, 1.82) is 0 Å². The van der Waals surface area contributed by atoms with Crippen LogP contribution in [0.5, 0.6) is 0 Å². The number of hydrogen-bond acceptors (Lipinski definition) is 10. The zero-order chi connectivity index (χ0) is 24.0. The second kappa shape index (κ2) is 12.7. The third-order valence-electron chi connectivity index (χ3n) is 6.73. The Morgan fingerprint density at radius 3 is 2.09 bits per heavy atom. The zero-order valence-electron chi connectivity index (χ0n) is 19.4. The third kappa shape index (κ3) is 6.25. The number of hydrogen-bond donors (Lipinski definition) is 5. The van der Waals surface area contributed by atoms with Crippen molar-refractivity contribution < 1.29 is 49.3 Å². The predicted molar refractivity (Wildman–Crippen MR) is 112 cm³/mol. The number of carbonyl (C=O) groups excluding carboxylic acids is 1. The number of aliphatic hydroxyl groups excluding tert-OH is 5. The first-order chi connectivity index (χ1) is 15.2. The molecule has 10 heteroatoms. The first-order valence-electron chi connectivity index (χ1n) is 11.6. The van der Waals surface area contributed by atoms with Crippen molar-refractivity contribution in [3.63, 3.8) is 0 Å². The van der Waals surface area contributed by atoms with Crippen LogP contribution in [0.15, 0.2) is 0 Å². The number of aliphatic hydroxyl groups is 5. The summed E-state index contributed by atoms with van der Waals surface area (Å²) in [7, 11) is 0. The van der Waals surface area contributed by atoms with Gasteiger partial charge in [0.1, 0.15) is 30.2 Å². The molecule has 5 N–H and O–H groups in total. The van der Waals surface area contributed by atoms with E-state index in [2.05, 4.69) is 0 Å². The lowest BCUT2D eigenvalue weighted by Gasteiger charge is -2.47. The summed E-state index contributed by atoms with van der Waals surface area (Å²) in [6, 6.07) is 0. The van der Waals surface area contributed by atoms with Gasteiger partial charge in [-0.05, 0) is 12.8 Å². The Bertz CT molecular complexity index is 569. The highest BCUT2D eigenvalue weighted by molar-refractivity contribution is 5.80. The molecule has 2 aliphatic rings. The predicted octanol–water partition coefficient (Wildman–Crippen LogP) is -0.427. The van der Waals surface area contributed by atoms with Crippen molar-refractivity contribution >= 4 is 5.78 Å². The van der Waals surface area contributed by atoms with Crippen LogP contribution in [0.25, 0.3) is 0 Å². The van der Waals surface area contributed by atoms with Gasteiger partial charge in [0.25, 0.3) is 0 Å². The topological polar surface area (TPSA) is 155 Å². The molecule has 2 aliphatic heterocycles. The van der Waals surface area contributed by atoms with Gasteiger partial charge in [-0.1, -0.05) is 27.7 Å². The molecule has 2 heterocycles. The second-order valence-electron chi connectivity index (χ2n) is 8.84. The molecule has 2 rings (SSSR count). The molecule has 10 atom stereocenters. The lowest BCUT2D eigenvalue weighted by molar-refractivity contribution is -0.343. The van der Waals surface area contributed by atoms with Gasteiger partial charge in [0, 0.05) is 24.2 Å². The average molecular weight is 465 g/mol. The molecule has 0 saturated carbocycles. The molecule has 188 valence electrons. The van der Waals surface area contributed by atoms with Gasteiger partial charge in [0.2, 0.25) is 0 Å². The molecule has 5 unspecified atom stereocenters. The average Bonchev–Trinajstić information content (AvgIpc) is 2.78. The Morgan fingerprint density at radius 2 is 1.53 bits per heavy atom. The number of carbonyl (C=O) groups is 1. The van der Waals surface area contributed by atoms with Crippen molar-refractivity contribution in [1.82, 2.24) is 0 Å². The van der Waals surface area contributed by atoms with E-state index >= 15 is 0 Å². The van der Waals surface area contributed by atoms with Gasteiger partial charge in [-0.15, -0.1) is 0 Å². The number of ether oxygens (including phenoxy) is 4. The first kappa shape index (κ1) is 27.6. The fraction of sp³-hybridized carbons (Fsp3) is 0.955. The molecule has 2 saturated heterocycles. The van der Waals surface area contributed by atoms with Crippen molar-refractivity contribution in [3.05, 3.63) is 0 Å². The van der Waals surface area contributed by atoms with Gasteiger partial charge in [0.15, 0.2) is 12.6 Å². The Balaban J connectivity index is 2.13. The molecule has 0 aromatic rings. The maximum absolute atomic E-state index is 12.4. The van der Waals surface area contributed by atoms with Crippen LogP contribution >= 0.6 is 0 Å². The summed E-state index contributed by atoms with van der Waals surface area (Å²) in [5.74, 6) is -1.09. The van der Waals surface area contributed by atoms with Crippen molar-refractivity contribution in [2.75, 3.05) is 19.8 Å². The number of ketones is 1. The smallest absolute Gasteiger partial charge is 0.163 e. The molecule has 0 aromatic heterocycles. The fourth-order valence-electron chi connectivity index (χ4n) is 4.39. The van der Waals surface area contributed by atoms with Gasteiger partial charge in [-0.3, -0.25) is 4.79 Å². The van der Waals surface area contributed by atoms with Gasteiger partial charge < -0.3 is 44.5 Å². The van der Waals surface area contributed by atoms with E-state index in [1.54, 1.807) is 13.8 Å². The second-order valence-corrected chi connectivity index (χ2v) is 8.84. The quantitative estimate of drug-likeness (QED) is 0.272. The summed E-state index contributed by atoms with van der Waals surface area (Å²) in [5, 5.41) is 50.0. The molecule has 32 heavy (non-hydrogen) atoms. The van der Waals surface area contributed by atoms with Gasteiger partial charge in [-0.2, -0.15) is 0 Å². The largest absolute Gasteiger partial charge is 0.394 e. The molecule has 0 spiro atoms. The first-order valence-corrected chi connectivity index (χ1v) is 11.6. The summed E-state index contributed by atoms with van der Waals surface area (Å²) < 4.78 is 23.2. The summed E-state index contributed by atoms with van der Waals surface area (Å²) >= 11 is 0. The Kier molecular flexibility index (Phi) is 10.9. The summed E-state index contributed by atoms with van der Waals surface area (Å²) in [4.78, 5) is 12.4. The maximum atomic E-state index is 12.4. The van der Waals surface area contributed by atoms with Crippen molar-refractivity contribution in [2.45, 2.75) is 96.2 Å². The van der Waals surface area contributed by atoms with Crippen LogP contribution in [0, 0.1) is 17.8 Å². The van der Waals surface area contributed by atoms with Crippen LogP contribution in [-0.2, 0) is 23.7 Å². The lowest BCUT2D eigenvalue weighted by atomic mass is 9.90. The van der Waals surface area contributed by atoms with E-state index in [4.69, 9.17) is 18.9 Å². The standard InChI is InChI=1S/C22H40O10/c1-5-13(6-2)14(25)7-8-29-19-12(4)21(28)30-16(10-24)20(19)32-22-11(3)17(26)18(27)15(9-23)31-22/h11-13,15-24,26-28H,5-10H2,1-4H3/t11?,12?,15?,16?,17-,18+,19-,20+,21?,22+/m1/s1. The van der Waals surface area contributed by atoms with E-state index in [0.717, 1.165) is 12.8 Å². The van der Waals surface area contributed by atoms with E-state index in [1.165, 1.54) is 0 Å². The van der Waals surface area contributed by atoms with Crippen molar-refractivity contribution in [3.8, 4) is 0 Å². The normalized spacial score (nSPS) is 40.6. The highest BCUT2D eigenvalue weighted by Gasteiger charge is 2.49. The Labute approximate surface area is 189 Å². The van der Waals surface area contributed by atoms with E-state index in [1.807, 2.05) is 13.8 Å². The Hall–Kier alpha value is -0.690. The molecule has 0 radical (unpaired) electrons. The summed E-state index contributed by atoms with van der Waals surface area (Å²) in [6.07, 6.45) is -6.52. The molecule has 0 bridgehead atoms. The van der Waals surface area contributed by atoms with Crippen LogP contribution in [0.3, 0.4) is 0 Å². The van der Waals surface area contributed by atoms with Crippen LogP contribution < -0.4 is 0 Å². The van der Waals surface area contributed by atoms with Crippen LogP contribution in [-0.4, -0.2) is 100 Å². The highest BCUT2D eigenvalue weighted by atomic mass is 16.7. The number of rotatable bonds is 11. The molecular weight excluding hydrogens is 424 g/mol. The minimum absolute atomic E-state index is 0.0200. The minimum Gasteiger partial charge on any atom is -0.394 e. The van der Waals surface area contributed by atoms with Crippen LogP contribution in [0.4, 0.5) is 0 Å². The summed E-state index contributed by atoms with van der Waals surface area (Å²) in [5.41, 5.74) is 0. The lowest BCUT2D eigenvalue weighted by Crippen LogP contribution is -2.61. The van der Waals surface area contributed by atoms with Crippen molar-refractivity contribution in [2.24, 2.45) is 17.8 Å². The minimum atomic E-state index is -1.27. The summed E-state index contributed by atoms with van der Waals surface area (Å²) in [6.45, 7) is 6.43. The molecular formula is C22H40O10. The molecule has 0 aliphatic carbocycles. The molecule has 2 fully saturated rings. The van der Waals surface area contributed by atoms with E-state index in [0.29, 0.717) is 0 Å². The third-order valence-corrected chi connectivity index (χ3v) is 6.73. The highest BCUT2D eigenvalue weighted by Crippen LogP contribution is 2.34. The monoisotopic (exact) mass is 464 g/mol. The zero-order valence-corrected chi connectivity index (χ0v) is 19.4. The van der Waals surface area contributed by atoms with E-state index in [9.17, 15) is 30.3 Å². The fourth-order valence-corrected chi connectivity index (χ4v) is 4.39. The molecule has 0 aromatic carbocycles. The van der Waals surface area contributed by atoms with E-state index < -0.39 is 74.3 Å². The molecule has 10 nitrogen and oxygen atoms in total. The maximum Gasteiger partial charge on any atom is 0.163 e. The molecule has 0 amide bonds. The number of Topliss-reactive ketones (excluding diaryl/α,β-unsaturated/α-hetero) is 1. The Morgan fingerprint density at radius 1 is 0.906 bits per heavy atom. The van der Waals surface area contributed by atoms with Gasteiger partial charge >= 0.3 is 0 Å².